The Bertz CT molecular complexity index is 911. The molecule has 8 nitrogen and oxygen atoms in total. The first kappa shape index (κ1) is 23.7. The second kappa shape index (κ2) is 11.6. The van der Waals surface area contributed by atoms with E-state index in [-0.39, 0.29) is 5.56 Å². The van der Waals surface area contributed by atoms with Gasteiger partial charge < -0.3 is 25.3 Å². The molecule has 31 heavy (non-hydrogen) atoms. The second-order valence-corrected chi connectivity index (χ2v) is 6.77. The molecule has 2 amide bonds. The largest absolute Gasteiger partial charge is 0.490 e. The minimum Gasteiger partial charge on any atom is -0.490 e. The van der Waals surface area contributed by atoms with Crippen molar-refractivity contribution >= 4 is 23.5 Å². The third-order valence-corrected chi connectivity index (χ3v) is 4.32. The number of nitrogens with one attached hydrogen (secondary N) is 1. The summed E-state index contributed by atoms with van der Waals surface area (Å²) in [6.45, 7) is 6.34. The fraction of sp³-hybridized carbons (Fsp3) is 0.348. The summed E-state index contributed by atoms with van der Waals surface area (Å²) in [5.41, 5.74) is 6.21. The molecule has 0 aromatic heterocycles. The van der Waals surface area contributed by atoms with Crippen LogP contribution < -0.4 is 20.5 Å². The van der Waals surface area contributed by atoms with Crippen LogP contribution in [0.1, 0.15) is 54.3 Å². The van der Waals surface area contributed by atoms with Crippen molar-refractivity contribution < 1.29 is 28.6 Å². The van der Waals surface area contributed by atoms with Crippen LogP contribution >= 0.6 is 0 Å². The molecule has 1 atom stereocenters. The maximum atomic E-state index is 12.5. The van der Waals surface area contributed by atoms with E-state index in [0.717, 1.165) is 12.8 Å². The zero-order chi connectivity index (χ0) is 22.8. The molecule has 2 rings (SSSR count). The second-order valence-electron chi connectivity index (χ2n) is 6.77. The normalized spacial score (nSPS) is 11.3. The van der Waals surface area contributed by atoms with Gasteiger partial charge >= 0.3 is 5.97 Å². The van der Waals surface area contributed by atoms with Gasteiger partial charge in [-0.25, -0.2) is 4.79 Å². The van der Waals surface area contributed by atoms with Crippen molar-refractivity contribution in [3.05, 3.63) is 53.6 Å². The van der Waals surface area contributed by atoms with E-state index in [9.17, 15) is 14.4 Å². The summed E-state index contributed by atoms with van der Waals surface area (Å²) in [5.74, 6) is -0.734. The minimum absolute atomic E-state index is 0.247. The van der Waals surface area contributed by atoms with Gasteiger partial charge in [0.2, 0.25) is 5.91 Å². The molecule has 0 aliphatic rings. The molecular weight excluding hydrogens is 400 g/mol. The van der Waals surface area contributed by atoms with Crippen LogP contribution in [0.15, 0.2) is 42.5 Å². The van der Waals surface area contributed by atoms with Crippen molar-refractivity contribution in [2.24, 2.45) is 5.73 Å². The average Bonchev–Trinajstić information content (AvgIpc) is 2.75. The van der Waals surface area contributed by atoms with E-state index in [0.29, 0.717) is 36.0 Å². The SMILES string of the molecule is CCCCOc1ccc(C(=O)OC(C)C(=O)Nc2ccc(C(N)=O)cc2)cc1OCC. The van der Waals surface area contributed by atoms with Crippen LogP contribution in [-0.2, 0) is 9.53 Å². The number of hydrogen-bond acceptors (Lipinski definition) is 6. The smallest absolute Gasteiger partial charge is 0.339 e. The molecule has 0 bridgehead atoms. The highest BCUT2D eigenvalue weighted by atomic mass is 16.5. The summed E-state index contributed by atoms with van der Waals surface area (Å²) in [4.78, 5) is 36.0. The number of nitrogens with two attached hydrogens (primary N) is 1. The van der Waals surface area contributed by atoms with Crippen LogP contribution in [0.4, 0.5) is 5.69 Å². The molecule has 0 radical (unpaired) electrons. The Labute approximate surface area is 181 Å². The van der Waals surface area contributed by atoms with Crippen molar-refractivity contribution in [3.63, 3.8) is 0 Å². The Morgan fingerprint density at radius 3 is 2.26 bits per heavy atom. The zero-order valence-corrected chi connectivity index (χ0v) is 18.0. The van der Waals surface area contributed by atoms with Crippen LogP contribution in [0.3, 0.4) is 0 Å². The van der Waals surface area contributed by atoms with Crippen molar-refractivity contribution in [3.8, 4) is 11.5 Å². The summed E-state index contributed by atoms with van der Waals surface area (Å²) in [5, 5.41) is 2.62. The number of unbranched alkanes of at least 4 members (excludes halogenated alkanes) is 1. The molecule has 166 valence electrons. The Morgan fingerprint density at radius 2 is 1.65 bits per heavy atom. The number of primary amides is 1. The van der Waals surface area contributed by atoms with E-state index in [1.54, 1.807) is 18.2 Å². The summed E-state index contributed by atoms with van der Waals surface area (Å²) in [6, 6.07) is 10.8. The third kappa shape index (κ3) is 7.02. The van der Waals surface area contributed by atoms with E-state index in [1.807, 2.05) is 6.92 Å². The zero-order valence-electron chi connectivity index (χ0n) is 18.0. The van der Waals surface area contributed by atoms with Crippen molar-refractivity contribution in [1.29, 1.82) is 0 Å². The van der Waals surface area contributed by atoms with Crippen molar-refractivity contribution in [1.82, 2.24) is 0 Å². The van der Waals surface area contributed by atoms with Gasteiger partial charge in [-0.15, -0.1) is 0 Å². The molecule has 2 aromatic rings. The predicted molar refractivity (Wildman–Crippen MR) is 116 cm³/mol. The standard InChI is InChI=1S/C23H28N2O6/c1-4-6-13-30-19-12-9-17(14-20(19)29-5-2)23(28)31-15(3)22(27)25-18-10-7-16(8-11-18)21(24)26/h7-12,14-15H,4-6,13H2,1-3H3,(H2,24,26)(H,25,27). The monoisotopic (exact) mass is 428 g/mol. The van der Waals surface area contributed by atoms with Gasteiger partial charge in [-0.1, -0.05) is 13.3 Å². The molecule has 8 heteroatoms. The molecule has 2 aromatic carbocycles. The van der Waals surface area contributed by atoms with Crippen LogP contribution in [0, 0.1) is 0 Å². The van der Waals surface area contributed by atoms with Gasteiger partial charge in [-0.2, -0.15) is 0 Å². The molecule has 1 unspecified atom stereocenters. The average molecular weight is 428 g/mol. The van der Waals surface area contributed by atoms with E-state index >= 15 is 0 Å². The molecule has 0 spiro atoms. The lowest BCUT2D eigenvalue weighted by Gasteiger charge is -2.15. The number of benzene rings is 2. The third-order valence-electron chi connectivity index (χ3n) is 4.32. The minimum atomic E-state index is -1.04. The number of rotatable bonds is 11. The highest BCUT2D eigenvalue weighted by Crippen LogP contribution is 2.29. The number of carbonyl (C=O) groups is 3. The summed E-state index contributed by atoms with van der Waals surface area (Å²) >= 11 is 0. The van der Waals surface area contributed by atoms with Crippen molar-refractivity contribution in [2.45, 2.75) is 39.7 Å². The predicted octanol–water partition coefficient (Wildman–Crippen LogP) is 3.55. The van der Waals surface area contributed by atoms with Gasteiger partial charge in [0.15, 0.2) is 17.6 Å². The number of esters is 1. The van der Waals surface area contributed by atoms with Crippen LogP contribution in [0.2, 0.25) is 0 Å². The Morgan fingerprint density at radius 1 is 0.968 bits per heavy atom. The number of hydrogen-bond donors (Lipinski definition) is 2. The Hall–Kier alpha value is -3.55. The summed E-state index contributed by atoms with van der Waals surface area (Å²) in [7, 11) is 0. The highest BCUT2D eigenvalue weighted by Gasteiger charge is 2.20. The maximum absolute atomic E-state index is 12.5. The molecule has 3 N–H and O–H groups in total. The maximum Gasteiger partial charge on any atom is 0.339 e. The highest BCUT2D eigenvalue weighted by molar-refractivity contribution is 5.98. The van der Waals surface area contributed by atoms with Crippen molar-refractivity contribution in [2.75, 3.05) is 18.5 Å². The Balaban J connectivity index is 2.01. The van der Waals surface area contributed by atoms with Gasteiger partial charge in [0.05, 0.1) is 18.8 Å². The molecule has 0 fully saturated rings. The van der Waals surface area contributed by atoms with E-state index in [1.165, 1.54) is 31.2 Å². The van der Waals surface area contributed by atoms with Crippen LogP contribution in [0.25, 0.3) is 0 Å². The lowest BCUT2D eigenvalue weighted by atomic mass is 10.2. The van der Waals surface area contributed by atoms with Gasteiger partial charge in [-0.05, 0) is 62.7 Å². The molecule has 0 saturated heterocycles. The number of amides is 2. The van der Waals surface area contributed by atoms with Gasteiger partial charge in [0.1, 0.15) is 0 Å². The Kier molecular flexibility index (Phi) is 8.87. The van der Waals surface area contributed by atoms with E-state index in [2.05, 4.69) is 12.2 Å². The lowest BCUT2D eigenvalue weighted by Crippen LogP contribution is -2.30. The topological polar surface area (TPSA) is 117 Å². The van der Waals surface area contributed by atoms with E-state index in [4.69, 9.17) is 19.9 Å². The fourth-order valence-corrected chi connectivity index (χ4v) is 2.59. The molecule has 0 saturated carbocycles. The first-order valence-electron chi connectivity index (χ1n) is 10.2. The van der Waals surface area contributed by atoms with Crippen LogP contribution in [-0.4, -0.2) is 37.1 Å². The van der Waals surface area contributed by atoms with E-state index < -0.39 is 23.9 Å². The van der Waals surface area contributed by atoms with Crippen LogP contribution in [0.5, 0.6) is 11.5 Å². The quantitative estimate of drug-likeness (QED) is 0.418. The first-order chi connectivity index (χ1) is 14.8. The molecular formula is C23H28N2O6. The first-order valence-corrected chi connectivity index (χ1v) is 10.2. The summed E-state index contributed by atoms with van der Waals surface area (Å²) < 4.78 is 16.6. The molecule has 0 heterocycles. The van der Waals surface area contributed by atoms with Gasteiger partial charge in [0, 0.05) is 11.3 Å². The number of carbonyl (C=O) groups excluding carboxylic acids is 3. The molecule has 0 aliphatic carbocycles. The van der Waals surface area contributed by atoms with Gasteiger partial charge in [-0.3, -0.25) is 9.59 Å². The lowest BCUT2D eigenvalue weighted by molar-refractivity contribution is -0.123. The van der Waals surface area contributed by atoms with Gasteiger partial charge in [0.25, 0.3) is 5.91 Å². The summed E-state index contributed by atoms with van der Waals surface area (Å²) in [6.07, 6.45) is 0.871. The fourth-order valence-electron chi connectivity index (χ4n) is 2.59. The number of ether oxygens (including phenoxy) is 3. The number of anilines is 1. The molecule has 0 aliphatic heterocycles.